The van der Waals surface area contributed by atoms with E-state index in [-0.39, 0.29) is 10.8 Å². The van der Waals surface area contributed by atoms with E-state index < -0.39 is 21.5 Å². The molecule has 3 aliphatic rings. The van der Waals surface area contributed by atoms with Crippen molar-refractivity contribution in [1.29, 1.82) is 0 Å². The molecule has 2 unspecified atom stereocenters. The lowest BCUT2D eigenvalue weighted by atomic mass is 9.78. The summed E-state index contributed by atoms with van der Waals surface area (Å²) in [5, 5.41) is 7.73. The maximum Gasteiger partial charge on any atom is 0.354 e. The first kappa shape index (κ1) is 32.4. The molecule has 256 valence electrons. The largest absolute Gasteiger partial charge is 0.477 e. The highest BCUT2D eigenvalue weighted by molar-refractivity contribution is 7.92. The number of rotatable bonds is 9. The number of amides is 2. The van der Waals surface area contributed by atoms with Gasteiger partial charge in [-0.1, -0.05) is 97.1 Å². The molecule has 2 atom stereocenters. The van der Waals surface area contributed by atoms with Gasteiger partial charge in [-0.05, 0) is 71.0 Å². The molecule has 8 rings (SSSR count). The highest BCUT2D eigenvalue weighted by Gasteiger charge is 2.42. The number of carbonyl (C=O) groups is 1. The first-order chi connectivity index (χ1) is 24.5. The molecule has 10 heteroatoms. The fourth-order valence-corrected chi connectivity index (χ4v) is 9.90. The number of benzene rings is 4. The summed E-state index contributed by atoms with van der Waals surface area (Å²) in [5.41, 5.74) is 6.93. The van der Waals surface area contributed by atoms with Crippen LogP contribution < -0.4 is 14.8 Å². The minimum atomic E-state index is -3.80. The Kier molecular flexibility index (Phi) is 8.76. The summed E-state index contributed by atoms with van der Waals surface area (Å²) in [4.78, 5) is 14.6. The monoisotopic (exact) mass is 687 g/mol. The highest BCUT2D eigenvalue weighted by Crippen LogP contribution is 2.44. The maximum atomic E-state index is 16.0. The van der Waals surface area contributed by atoms with E-state index in [1.165, 1.54) is 17.3 Å². The van der Waals surface area contributed by atoms with E-state index in [2.05, 4.69) is 25.6 Å². The van der Waals surface area contributed by atoms with Crippen LogP contribution in [0.15, 0.2) is 113 Å². The molecule has 2 aliphatic carbocycles. The summed E-state index contributed by atoms with van der Waals surface area (Å²) in [6.07, 6.45) is 6.97. The second kappa shape index (κ2) is 13.5. The molecule has 0 fully saturated rings. The molecule has 50 heavy (non-hydrogen) atoms. The van der Waals surface area contributed by atoms with Crippen LogP contribution in [0, 0.1) is 0 Å². The molecule has 0 radical (unpaired) electrons. The quantitative estimate of drug-likeness (QED) is 0.157. The van der Waals surface area contributed by atoms with Crippen LogP contribution in [-0.2, 0) is 46.0 Å². The molecular weight excluding hydrogens is 647 g/mol. The number of hydrogen-bond acceptors (Lipinski definition) is 5. The number of hydrogen-bond donors (Lipinski definition) is 2. The van der Waals surface area contributed by atoms with Gasteiger partial charge >= 0.3 is 6.03 Å². The number of ether oxygens (including phenoxy) is 2. The van der Waals surface area contributed by atoms with Gasteiger partial charge in [0.2, 0.25) is 5.88 Å². The number of fused-ring (bicyclic) bond motifs is 3. The van der Waals surface area contributed by atoms with E-state index in [1.54, 1.807) is 11.8 Å². The zero-order valence-electron chi connectivity index (χ0n) is 28.1. The Labute approximate surface area is 293 Å². The van der Waals surface area contributed by atoms with Gasteiger partial charge in [-0.25, -0.2) is 18.4 Å². The van der Waals surface area contributed by atoms with Gasteiger partial charge in [0.05, 0.1) is 19.4 Å². The van der Waals surface area contributed by atoms with Gasteiger partial charge in [0.15, 0.2) is 9.92 Å². The number of urea groups is 1. The van der Waals surface area contributed by atoms with Gasteiger partial charge < -0.3 is 14.8 Å². The third-order valence-corrected chi connectivity index (χ3v) is 12.1. The molecule has 9 nitrogen and oxygen atoms in total. The SMILES string of the molecule is COCC1CCc2c1cc1c(c2NC(=O)N=S(=O)(NC(c2ccccc2)(c2ccccc2)c2ccccc2)c2cnn3c2OCCC3)CCC1. The fraction of sp³-hybridized carbons (Fsp3) is 0.300. The first-order valence-electron chi connectivity index (χ1n) is 17.4. The summed E-state index contributed by atoms with van der Waals surface area (Å²) in [5.74, 6) is 0.635. The average Bonchev–Trinajstić information content (AvgIpc) is 3.91. The Morgan fingerprint density at radius 3 is 2.24 bits per heavy atom. The van der Waals surface area contributed by atoms with Crippen LogP contribution in [0.3, 0.4) is 0 Å². The van der Waals surface area contributed by atoms with Crippen LogP contribution in [0.25, 0.3) is 0 Å². The van der Waals surface area contributed by atoms with Gasteiger partial charge in [0, 0.05) is 31.7 Å². The number of aryl methyl sites for hydroxylation is 2. The average molecular weight is 688 g/mol. The normalized spacial score (nSPS) is 17.6. The zero-order valence-corrected chi connectivity index (χ0v) is 29.0. The van der Waals surface area contributed by atoms with E-state index in [4.69, 9.17) is 9.47 Å². The van der Waals surface area contributed by atoms with Crippen molar-refractivity contribution in [2.75, 3.05) is 25.6 Å². The molecule has 2 N–H and O–H groups in total. The molecule has 1 aromatic heterocycles. The lowest BCUT2D eigenvalue weighted by Crippen LogP contribution is -2.48. The number of methoxy groups -OCH3 is 1. The molecule has 2 heterocycles. The Morgan fingerprint density at radius 1 is 0.940 bits per heavy atom. The number of nitrogens with one attached hydrogen (secondary N) is 2. The van der Waals surface area contributed by atoms with E-state index in [0.29, 0.717) is 25.6 Å². The van der Waals surface area contributed by atoms with Crippen LogP contribution in [-0.4, -0.2) is 40.3 Å². The van der Waals surface area contributed by atoms with Gasteiger partial charge in [0.25, 0.3) is 0 Å². The molecule has 1 aliphatic heterocycles. The Bertz CT molecular complexity index is 2050. The highest BCUT2D eigenvalue weighted by atomic mass is 32.2. The van der Waals surface area contributed by atoms with E-state index >= 15 is 4.21 Å². The molecule has 5 aromatic rings. The summed E-state index contributed by atoms with van der Waals surface area (Å²) < 4.78 is 37.5. The number of carbonyl (C=O) groups excluding carboxylic acids is 1. The van der Waals surface area contributed by atoms with Crippen molar-refractivity contribution in [1.82, 2.24) is 14.5 Å². The predicted molar refractivity (Wildman–Crippen MR) is 194 cm³/mol. The number of aromatic nitrogens is 2. The molecule has 0 spiro atoms. The van der Waals surface area contributed by atoms with Crippen LogP contribution in [0.4, 0.5) is 10.5 Å². The summed E-state index contributed by atoms with van der Waals surface area (Å²) in [7, 11) is -2.07. The predicted octanol–water partition coefficient (Wildman–Crippen LogP) is 7.39. The van der Waals surface area contributed by atoms with Crippen molar-refractivity contribution in [3.8, 4) is 5.88 Å². The summed E-state index contributed by atoms with van der Waals surface area (Å²) in [6, 6.07) is 31.3. The summed E-state index contributed by atoms with van der Waals surface area (Å²) >= 11 is 0. The molecule has 4 aromatic carbocycles. The van der Waals surface area contributed by atoms with Crippen molar-refractivity contribution in [3.05, 3.63) is 142 Å². The van der Waals surface area contributed by atoms with E-state index in [9.17, 15) is 4.79 Å². The lowest BCUT2D eigenvalue weighted by molar-refractivity contribution is 0.179. The van der Waals surface area contributed by atoms with Crippen LogP contribution in [0.5, 0.6) is 5.88 Å². The first-order valence-corrected chi connectivity index (χ1v) is 18.9. The third-order valence-electron chi connectivity index (χ3n) is 10.3. The Balaban J connectivity index is 1.32. The van der Waals surface area contributed by atoms with E-state index in [0.717, 1.165) is 72.0 Å². The van der Waals surface area contributed by atoms with Crippen molar-refractivity contribution < 1.29 is 18.5 Å². The van der Waals surface area contributed by atoms with Crippen molar-refractivity contribution in [2.24, 2.45) is 4.36 Å². The van der Waals surface area contributed by atoms with Gasteiger partial charge in [-0.15, -0.1) is 4.36 Å². The van der Waals surface area contributed by atoms with Crippen molar-refractivity contribution >= 4 is 21.6 Å². The van der Waals surface area contributed by atoms with Gasteiger partial charge in [-0.3, -0.25) is 0 Å². The number of nitrogens with zero attached hydrogens (tertiary/aromatic N) is 3. The zero-order chi connectivity index (χ0) is 34.1. The number of anilines is 1. The van der Waals surface area contributed by atoms with Crippen LogP contribution in [0.2, 0.25) is 0 Å². The van der Waals surface area contributed by atoms with Gasteiger partial charge in [-0.2, -0.15) is 5.10 Å². The Hall–Kier alpha value is -4.77. The standard InChI is InChI=1S/C40H41N5O4S/c1-48-27-29-21-22-34-35(29)25-28-13-11-20-33(28)37(34)42-39(46)43-50(47,36-26-41-45-23-12-24-49-38(36)45)44-40(30-14-5-2-6-15-30,31-16-7-3-8-17-31)32-18-9-4-10-19-32/h2-10,14-19,25-26,29H,11-13,20-24,27H2,1H3,(H2,42,43,44,46,47). The van der Waals surface area contributed by atoms with E-state index in [1.807, 2.05) is 91.0 Å². The third kappa shape index (κ3) is 5.71. The molecule has 0 bridgehead atoms. The minimum Gasteiger partial charge on any atom is -0.477 e. The van der Waals surface area contributed by atoms with Crippen molar-refractivity contribution in [2.45, 2.75) is 61.4 Å². The van der Waals surface area contributed by atoms with Crippen LogP contribution >= 0.6 is 0 Å². The smallest absolute Gasteiger partial charge is 0.354 e. The fourth-order valence-electron chi connectivity index (χ4n) is 8.00. The van der Waals surface area contributed by atoms with Crippen LogP contribution in [0.1, 0.15) is 64.1 Å². The lowest BCUT2D eigenvalue weighted by Gasteiger charge is -2.37. The topological polar surface area (TPSA) is 107 Å². The maximum absolute atomic E-state index is 16.0. The van der Waals surface area contributed by atoms with Gasteiger partial charge in [0.1, 0.15) is 10.4 Å². The molecule has 2 amide bonds. The second-order valence-electron chi connectivity index (χ2n) is 13.2. The molecule has 0 saturated carbocycles. The van der Waals surface area contributed by atoms with Crippen molar-refractivity contribution in [3.63, 3.8) is 0 Å². The minimum absolute atomic E-state index is 0.239. The Morgan fingerprint density at radius 2 is 1.60 bits per heavy atom. The molecular formula is C40H41N5O4S. The second-order valence-corrected chi connectivity index (χ2v) is 15.1. The molecule has 0 saturated heterocycles. The summed E-state index contributed by atoms with van der Waals surface area (Å²) in [6.45, 7) is 1.70.